The number of aryl methyl sites for hydroxylation is 1. The van der Waals surface area contributed by atoms with E-state index in [1.165, 1.54) is 81.8 Å². The molecule has 0 radical (unpaired) electrons. The van der Waals surface area contributed by atoms with Crippen LogP contribution in [0.15, 0.2) is 152 Å². The maximum Gasteiger partial charge on any atom is 0.163 e. The van der Waals surface area contributed by atoms with E-state index in [4.69, 9.17) is 15.0 Å². The predicted octanol–water partition coefficient (Wildman–Crippen LogP) is 13.8. The summed E-state index contributed by atoms with van der Waals surface area (Å²) in [5.74, 6) is 2.13. The third-order valence-corrected chi connectivity index (χ3v) is 14.0. The highest BCUT2D eigenvalue weighted by Gasteiger charge is 2.36. The van der Waals surface area contributed by atoms with Crippen molar-refractivity contribution in [2.75, 3.05) is 0 Å². The Balaban J connectivity index is 1.02. The second kappa shape index (κ2) is 13.2. The first-order valence-electron chi connectivity index (χ1n) is 20.7. The number of allylic oxidation sites excluding steroid dienone is 2. The van der Waals surface area contributed by atoms with Crippen LogP contribution in [0.25, 0.3) is 83.9 Å². The van der Waals surface area contributed by atoms with Crippen LogP contribution >= 0.6 is 11.3 Å². The van der Waals surface area contributed by atoms with Crippen LogP contribution < -0.4 is 0 Å². The molecule has 1 unspecified atom stereocenters. The lowest BCUT2D eigenvalue weighted by molar-refractivity contribution is 0.660. The highest BCUT2D eigenvalue weighted by Crippen LogP contribution is 2.51. The van der Waals surface area contributed by atoms with Gasteiger partial charge < -0.3 is 4.57 Å². The lowest BCUT2D eigenvalue weighted by atomic mass is 9.81. The van der Waals surface area contributed by atoms with Gasteiger partial charge in [0, 0.05) is 49.3 Å². The second-order valence-corrected chi connectivity index (χ2v) is 17.7. The number of aromatic nitrogens is 4. The zero-order valence-corrected chi connectivity index (χ0v) is 33.8. The van der Waals surface area contributed by atoms with Crippen molar-refractivity contribution in [1.29, 1.82) is 0 Å². The van der Waals surface area contributed by atoms with Crippen molar-refractivity contribution in [2.24, 2.45) is 0 Å². The molecule has 12 rings (SSSR count). The minimum Gasteiger partial charge on any atom is -0.313 e. The molecule has 3 aliphatic carbocycles. The van der Waals surface area contributed by atoms with Gasteiger partial charge in [-0.05, 0) is 99.2 Å². The fraction of sp³-hybridized carbons (Fsp3) is 0.130. The Bertz CT molecular complexity index is 3160. The monoisotopic (exact) mass is 776 g/mol. The average Bonchev–Trinajstić information content (AvgIpc) is 3.91. The molecular formula is C54H40N4S. The van der Waals surface area contributed by atoms with Gasteiger partial charge in [-0.3, -0.25) is 0 Å². The Morgan fingerprint density at radius 2 is 1.31 bits per heavy atom. The van der Waals surface area contributed by atoms with Crippen LogP contribution in [0.1, 0.15) is 71.3 Å². The summed E-state index contributed by atoms with van der Waals surface area (Å²) in [6, 6.07) is 52.6. The first-order chi connectivity index (χ1) is 29.0. The molecule has 6 aromatic carbocycles. The summed E-state index contributed by atoms with van der Waals surface area (Å²) in [4.78, 5) is 17.0. The van der Waals surface area contributed by atoms with Crippen LogP contribution in [-0.4, -0.2) is 19.5 Å². The van der Waals surface area contributed by atoms with E-state index >= 15 is 0 Å². The number of thiophene rings is 1. The van der Waals surface area contributed by atoms with E-state index in [2.05, 4.69) is 170 Å². The Labute approximate surface area is 347 Å². The maximum atomic E-state index is 5.33. The van der Waals surface area contributed by atoms with E-state index in [1.54, 1.807) is 0 Å². The lowest BCUT2D eigenvalue weighted by Gasteiger charge is -2.26. The molecule has 0 saturated carbocycles. The summed E-state index contributed by atoms with van der Waals surface area (Å²) >= 11 is 1.87. The van der Waals surface area contributed by atoms with Crippen LogP contribution in [0.4, 0.5) is 0 Å². The standard InChI is InChI=1S/C54H40N4S/c1-54(2)44-22-12-9-19-38(44)39-27-25-36(30-45(39)54)35-26-28-47-42(29-35)40-20-10-13-23-46(40)58(47)37-31-43(50-41-21-11-14-24-48(41)59-49(50)32-37)53-56-51(33-15-5-3-6-16-33)55-52(57-53)34-17-7-4-8-18-34/h3-9,11-19,21-30,32,43H,10,20,31H2,1-2H3. The highest BCUT2D eigenvalue weighted by atomic mass is 32.1. The summed E-state index contributed by atoms with van der Waals surface area (Å²) in [7, 11) is 0. The van der Waals surface area contributed by atoms with Gasteiger partial charge in [-0.15, -0.1) is 11.3 Å². The SMILES string of the molecule is CC1(C)c2ccccc2-c2ccc(-c3ccc4c(c3)c3c(n4C4=Cc5sc6ccccc6c5C(c5nc(-c6ccccc6)nc(-c6ccccc6)n5)C4)C=CCC3)cc21. The van der Waals surface area contributed by atoms with Gasteiger partial charge in [0.15, 0.2) is 11.6 Å². The average molecular weight is 777 g/mol. The summed E-state index contributed by atoms with van der Waals surface area (Å²) in [5, 5.41) is 2.61. The number of hydrogen-bond acceptors (Lipinski definition) is 4. The van der Waals surface area contributed by atoms with E-state index < -0.39 is 0 Å². The minimum atomic E-state index is -0.0760. The molecule has 0 amide bonds. The predicted molar refractivity (Wildman–Crippen MR) is 245 cm³/mol. The smallest absolute Gasteiger partial charge is 0.163 e. The number of fused-ring (bicyclic) bond motifs is 9. The van der Waals surface area contributed by atoms with Crippen molar-refractivity contribution in [3.05, 3.63) is 190 Å². The van der Waals surface area contributed by atoms with Gasteiger partial charge >= 0.3 is 0 Å². The molecule has 0 spiro atoms. The summed E-state index contributed by atoms with van der Waals surface area (Å²) < 4.78 is 3.83. The molecule has 9 aromatic rings. The van der Waals surface area contributed by atoms with Crippen LogP contribution in [0.2, 0.25) is 0 Å². The van der Waals surface area contributed by atoms with Crippen LogP contribution in [-0.2, 0) is 11.8 Å². The minimum absolute atomic E-state index is 0.0446. The van der Waals surface area contributed by atoms with Crippen molar-refractivity contribution in [3.8, 4) is 45.0 Å². The van der Waals surface area contributed by atoms with Crippen molar-refractivity contribution in [1.82, 2.24) is 19.5 Å². The quantitative estimate of drug-likeness (QED) is 0.175. The van der Waals surface area contributed by atoms with Gasteiger partial charge in [0.1, 0.15) is 5.82 Å². The fourth-order valence-corrected chi connectivity index (χ4v) is 11.3. The Morgan fingerprint density at radius 3 is 2.10 bits per heavy atom. The van der Waals surface area contributed by atoms with Crippen molar-refractivity contribution in [2.45, 2.75) is 44.4 Å². The molecule has 0 fully saturated rings. The Kier molecular flexibility index (Phi) is 7.67. The van der Waals surface area contributed by atoms with E-state index in [0.717, 1.165) is 36.2 Å². The van der Waals surface area contributed by atoms with E-state index in [9.17, 15) is 0 Å². The first kappa shape index (κ1) is 34.4. The van der Waals surface area contributed by atoms with Gasteiger partial charge in [-0.1, -0.05) is 141 Å². The van der Waals surface area contributed by atoms with Crippen molar-refractivity contribution in [3.63, 3.8) is 0 Å². The molecule has 0 bridgehead atoms. The molecule has 282 valence electrons. The second-order valence-electron chi connectivity index (χ2n) is 16.6. The summed E-state index contributed by atoms with van der Waals surface area (Å²) in [5.41, 5.74) is 16.5. The number of hydrogen-bond donors (Lipinski definition) is 0. The molecule has 3 aromatic heterocycles. The van der Waals surface area contributed by atoms with Crippen LogP contribution in [0.3, 0.4) is 0 Å². The zero-order valence-electron chi connectivity index (χ0n) is 33.0. The molecule has 0 aliphatic heterocycles. The molecule has 3 aliphatic rings. The van der Waals surface area contributed by atoms with Gasteiger partial charge in [-0.25, -0.2) is 15.0 Å². The number of benzene rings is 6. The van der Waals surface area contributed by atoms with Crippen LogP contribution in [0.5, 0.6) is 0 Å². The van der Waals surface area contributed by atoms with Crippen LogP contribution in [0, 0.1) is 0 Å². The van der Waals surface area contributed by atoms with E-state index in [-0.39, 0.29) is 11.3 Å². The van der Waals surface area contributed by atoms with Crippen molar-refractivity contribution >= 4 is 50.2 Å². The lowest BCUT2D eigenvalue weighted by Crippen LogP contribution is -2.16. The van der Waals surface area contributed by atoms with E-state index in [0.29, 0.717) is 11.6 Å². The number of nitrogens with zero attached hydrogens (tertiary/aromatic N) is 4. The Hall–Kier alpha value is -6.69. The molecule has 3 heterocycles. The molecular weight excluding hydrogens is 737 g/mol. The highest BCUT2D eigenvalue weighted by molar-refractivity contribution is 7.20. The molecule has 0 N–H and O–H groups in total. The molecule has 4 nitrogen and oxygen atoms in total. The van der Waals surface area contributed by atoms with E-state index in [1.807, 2.05) is 23.5 Å². The van der Waals surface area contributed by atoms with Gasteiger partial charge in [0.05, 0.1) is 11.4 Å². The van der Waals surface area contributed by atoms with Gasteiger partial charge in [-0.2, -0.15) is 0 Å². The maximum absolute atomic E-state index is 5.33. The molecule has 5 heteroatoms. The Morgan fingerprint density at radius 1 is 0.627 bits per heavy atom. The van der Waals surface area contributed by atoms with Gasteiger partial charge in [0.25, 0.3) is 0 Å². The summed E-state index contributed by atoms with van der Waals surface area (Å²) in [6.45, 7) is 4.73. The molecule has 59 heavy (non-hydrogen) atoms. The molecule has 1 atom stereocenters. The largest absolute Gasteiger partial charge is 0.313 e. The first-order valence-corrected chi connectivity index (χ1v) is 21.5. The normalized spacial score (nSPS) is 16.1. The summed E-state index contributed by atoms with van der Waals surface area (Å²) in [6.07, 6.45) is 9.96. The third-order valence-electron chi connectivity index (χ3n) is 12.9. The van der Waals surface area contributed by atoms with Gasteiger partial charge in [0.2, 0.25) is 0 Å². The van der Waals surface area contributed by atoms with Crippen molar-refractivity contribution < 1.29 is 0 Å². The number of rotatable bonds is 5. The zero-order chi connectivity index (χ0) is 39.2. The third kappa shape index (κ3) is 5.38. The topological polar surface area (TPSA) is 43.6 Å². The molecule has 0 saturated heterocycles. The fourth-order valence-electron chi connectivity index (χ4n) is 10.0.